The van der Waals surface area contributed by atoms with Gasteiger partial charge in [0.05, 0.1) is 26.2 Å². The minimum atomic E-state index is -0.918. The molecule has 0 saturated carbocycles. The lowest BCUT2D eigenvalue weighted by Gasteiger charge is -2.15. The van der Waals surface area contributed by atoms with Gasteiger partial charge in [-0.1, -0.05) is 84.2 Å². The number of hydrogen-bond donors (Lipinski definition) is 0. The average molecular weight is 738 g/mol. The van der Waals surface area contributed by atoms with E-state index in [0.717, 1.165) is 21.8 Å². The zero-order valence-electron chi connectivity index (χ0n) is 22.4. The lowest BCUT2D eigenvalue weighted by Crippen LogP contribution is -2.30. The highest BCUT2D eigenvalue weighted by Crippen LogP contribution is 2.21. The molecule has 0 aromatic heterocycles. The molecule has 2 aromatic carbocycles. The fraction of sp³-hybridized carbons (Fsp3) is 0.393. The molecule has 0 aliphatic rings. The number of rotatable bonds is 10. The second-order valence-electron chi connectivity index (χ2n) is 7.03. The molecular formula is C28H34Br3O8+. The van der Waals surface area contributed by atoms with E-state index in [0.29, 0.717) is 6.61 Å². The topological polar surface area (TPSA) is 113 Å². The van der Waals surface area contributed by atoms with Crippen LogP contribution < -0.4 is 0 Å². The monoisotopic (exact) mass is 735 g/mol. The quantitative estimate of drug-likeness (QED) is 0.0876. The van der Waals surface area contributed by atoms with Gasteiger partial charge in [-0.05, 0) is 57.4 Å². The third-order valence-corrected chi connectivity index (χ3v) is 6.43. The van der Waals surface area contributed by atoms with Crippen molar-refractivity contribution in [2.24, 2.45) is 5.92 Å². The Morgan fingerprint density at radius 2 is 1.18 bits per heavy atom. The van der Waals surface area contributed by atoms with E-state index >= 15 is 0 Å². The summed E-state index contributed by atoms with van der Waals surface area (Å²) in [6.45, 7) is 8.06. The maximum absolute atomic E-state index is 11.8. The third kappa shape index (κ3) is 19.3. The van der Waals surface area contributed by atoms with Crippen molar-refractivity contribution in [1.82, 2.24) is 0 Å². The van der Waals surface area contributed by atoms with Gasteiger partial charge >= 0.3 is 24.1 Å². The van der Waals surface area contributed by atoms with Crippen LogP contribution >= 0.6 is 47.8 Å². The first-order valence-electron chi connectivity index (χ1n) is 12.0. The Morgan fingerprint density at radius 1 is 0.769 bits per heavy atom. The summed E-state index contributed by atoms with van der Waals surface area (Å²) in [5, 5.41) is 0.911. The summed E-state index contributed by atoms with van der Waals surface area (Å²) in [6, 6.07) is 15.6. The molecule has 0 amide bonds. The highest BCUT2D eigenvalue weighted by molar-refractivity contribution is 9.11. The van der Waals surface area contributed by atoms with E-state index in [1.807, 2.05) is 49.4 Å². The van der Waals surface area contributed by atoms with Crippen molar-refractivity contribution in [3.8, 4) is 0 Å². The van der Waals surface area contributed by atoms with E-state index in [1.165, 1.54) is 16.5 Å². The summed E-state index contributed by atoms with van der Waals surface area (Å²) in [5.41, 5.74) is 2.16. The van der Waals surface area contributed by atoms with Crippen LogP contribution in [0.15, 0.2) is 57.5 Å². The second kappa shape index (κ2) is 25.8. The molecule has 2 rings (SSSR count). The average Bonchev–Trinajstić information content (AvgIpc) is 2.90. The van der Waals surface area contributed by atoms with Gasteiger partial charge < -0.3 is 14.2 Å². The number of hydrogen-bond acceptors (Lipinski definition) is 8. The van der Waals surface area contributed by atoms with Crippen LogP contribution in [0, 0.1) is 12.3 Å². The summed E-state index contributed by atoms with van der Waals surface area (Å²) in [6.07, 6.45) is 2.78. The van der Waals surface area contributed by atoms with Crippen molar-refractivity contribution in [3.05, 3.63) is 75.0 Å². The van der Waals surface area contributed by atoms with Crippen molar-refractivity contribution >= 4 is 71.8 Å². The lowest BCUT2D eigenvalue weighted by atomic mass is 9.99. The van der Waals surface area contributed by atoms with Gasteiger partial charge in [0.1, 0.15) is 0 Å². The number of benzene rings is 2. The van der Waals surface area contributed by atoms with Crippen LogP contribution in [-0.4, -0.2) is 43.9 Å². The Hall–Kier alpha value is -2.46. The predicted octanol–water partition coefficient (Wildman–Crippen LogP) is 6.66. The fourth-order valence-corrected chi connectivity index (χ4v) is 4.34. The molecule has 0 aliphatic carbocycles. The first-order chi connectivity index (χ1) is 18.7. The molecule has 0 aliphatic heterocycles. The van der Waals surface area contributed by atoms with Gasteiger partial charge in [0.15, 0.2) is 12.3 Å². The molecule has 0 bridgehead atoms. The van der Waals surface area contributed by atoms with Crippen LogP contribution in [0.1, 0.15) is 45.2 Å². The molecule has 39 heavy (non-hydrogen) atoms. The van der Waals surface area contributed by atoms with Gasteiger partial charge in [0.25, 0.3) is 0 Å². The van der Waals surface area contributed by atoms with E-state index < -0.39 is 17.9 Å². The van der Waals surface area contributed by atoms with Gasteiger partial charge in [-0.3, -0.25) is 9.59 Å². The van der Waals surface area contributed by atoms with Gasteiger partial charge in [0.2, 0.25) is 0 Å². The van der Waals surface area contributed by atoms with E-state index in [2.05, 4.69) is 58.6 Å². The number of carbonyl (C=O) groups is 3. The number of ether oxygens (including phenoxy) is 3. The molecule has 0 saturated heterocycles. The van der Waals surface area contributed by atoms with Crippen LogP contribution in [0.3, 0.4) is 0 Å². The number of esters is 3. The Kier molecular flexibility index (Phi) is 25.6. The summed E-state index contributed by atoms with van der Waals surface area (Å²) in [4.78, 5) is 50.3. The summed E-state index contributed by atoms with van der Waals surface area (Å²) in [5.74, 6) is -2.22. The molecular weight excluding hydrogens is 704 g/mol. The van der Waals surface area contributed by atoms with E-state index in [1.54, 1.807) is 20.8 Å². The van der Waals surface area contributed by atoms with Gasteiger partial charge in [-0.15, -0.1) is 0 Å². The van der Waals surface area contributed by atoms with Crippen molar-refractivity contribution in [3.63, 3.8) is 0 Å². The molecule has 0 atom stereocenters. The maximum Gasteiger partial charge on any atom is 0.496 e. The molecule has 0 fully saturated rings. The minimum Gasteiger partial charge on any atom is -0.465 e. The van der Waals surface area contributed by atoms with Crippen molar-refractivity contribution in [1.29, 1.82) is 0 Å². The normalized spacial score (nSPS) is 9.13. The molecule has 0 radical (unpaired) electrons. The number of halogens is 3. The maximum atomic E-state index is 11.8. The largest absolute Gasteiger partial charge is 0.496 e. The standard InChI is InChI=1S/C14H17BrO4.C7H6Br2.C6H11O2.CO2/c1-3-18-13(16)11(14(17)19-4-2)9-10-7-5-6-8-12(10)15;8-5-6-3-1-2-4-7(6)9;1-3-5-6(7)8-4-2;2-1-3/h5-8,11H,3-4,9H2,1-2H3;1-4H,5H2;5H,3-4H2,1-2H3;/q;;+1;. The van der Waals surface area contributed by atoms with Crippen LogP contribution in [0.2, 0.25) is 0 Å². The Labute approximate surface area is 255 Å². The molecule has 8 nitrogen and oxygen atoms in total. The van der Waals surface area contributed by atoms with Gasteiger partial charge in [0, 0.05) is 14.3 Å². The van der Waals surface area contributed by atoms with Crippen LogP contribution in [0.25, 0.3) is 0 Å². The summed E-state index contributed by atoms with van der Waals surface area (Å²) < 4.78 is 16.5. The SMILES string of the molecule is BrCc1ccccc1Br.CCOC(=O)C(Cc1ccccc1Br)C(=O)OCC.CC[CH+]C(=O)OCC.O=C=O. The van der Waals surface area contributed by atoms with Crippen molar-refractivity contribution in [2.45, 2.75) is 45.9 Å². The number of carbonyl (C=O) groups excluding carboxylic acids is 5. The summed E-state index contributed by atoms with van der Waals surface area (Å²) in [7, 11) is 0. The fourth-order valence-electron chi connectivity index (χ4n) is 2.61. The molecule has 0 heterocycles. The molecule has 0 N–H and O–H groups in total. The predicted molar refractivity (Wildman–Crippen MR) is 158 cm³/mol. The van der Waals surface area contributed by atoms with Crippen molar-refractivity contribution < 1.29 is 38.2 Å². The van der Waals surface area contributed by atoms with E-state index in [9.17, 15) is 14.4 Å². The van der Waals surface area contributed by atoms with Crippen molar-refractivity contribution in [2.75, 3.05) is 19.8 Å². The first kappa shape index (κ1) is 38.7. The van der Waals surface area contributed by atoms with Crippen LogP contribution in [0.4, 0.5) is 0 Å². The second-order valence-corrected chi connectivity index (χ2v) is 9.29. The third-order valence-electron chi connectivity index (χ3n) is 4.28. The summed E-state index contributed by atoms with van der Waals surface area (Å²) >= 11 is 10.2. The Balaban J connectivity index is 0. The molecule has 11 heteroatoms. The highest BCUT2D eigenvalue weighted by atomic mass is 79.9. The Morgan fingerprint density at radius 3 is 1.51 bits per heavy atom. The molecule has 2 aromatic rings. The van der Waals surface area contributed by atoms with E-state index in [4.69, 9.17) is 19.1 Å². The zero-order chi connectivity index (χ0) is 30.1. The van der Waals surface area contributed by atoms with Crippen LogP contribution in [0.5, 0.6) is 0 Å². The van der Waals surface area contributed by atoms with Gasteiger partial charge in [-0.25, -0.2) is 0 Å². The van der Waals surface area contributed by atoms with Crippen LogP contribution in [-0.2, 0) is 49.9 Å². The first-order valence-corrected chi connectivity index (χ1v) is 14.7. The number of alkyl halides is 1. The minimum absolute atomic E-state index is 0.213. The van der Waals surface area contributed by atoms with Gasteiger partial charge in [-0.2, -0.15) is 14.4 Å². The molecule has 0 spiro atoms. The zero-order valence-corrected chi connectivity index (χ0v) is 27.2. The Bertz CT molecular complexity index is 982. The smallest absolute Gasteiger partial charge is 0.465 e. The molecule has 0 unspecified atom stereocenters. The highest BCUT2D eigenvalue weighted by Gasteiger charge is 2.30. The lowest BCUT2D eigenvalue weighted by molar-refractivity contribution is -0.191. The molecule has 214 valence electrons. The van der Waals surface area contributed by atoms with E-state index in [-0.39, 0.29) is 31.8 Å².